The van der Waals surface area contributed by atoms with Gasteiger partial charge in [-0.2, -0.15) is 0 Å². The number of methoxy groups -OCH3 is 1. The number of benzene rings is 2. The first-order valence-corrected chi connectivity index (χ1v) is 12.4. The summed E-state index contributed by atoms with van der Waals surface area (Å²) in [5.74, 6) is 0.971. The summed E-state index contributed by atoms with van der Waals surface area (Å²) in [5.41, 5.74) is 2.41. The zero-order valence-corrected chi connectivity index (χ0v) is 20.1. The summed E-state index contributed by atoms with van der Waals surface area (Å²) in [6.07, 6.45) is 6.57. The molecule has 180 valence electrons. The predicted octanol–water partition coefficient (Wildman–Crippen LogP) is 3.78. The lowest BCUT2D eigenvalue weighted by Crippen LogP contribution is -2.51. The monoisotopic (exact) mass is 461 g/mol. The molecular weight excluding hydrogens is 426 g/mol. The van der Waals surface area contributed by atoms with Gasteiger partial charge in [-0.25, -0.2) is 0 Å². The molecule has 2 heterocycles. The topological polar surface area (TPSA) is 53.1 Å². The first-order chi connectivity index (χ1) is 16.7. The molecule has 0 spiro atoms. The summed E-state index contributed by atoms with van der Waals surface area (Å²) < 4.78 is 5.50. The van der Waals surface area contributed by atoms with Gasteiger partial charge in [-0.1, -0.05) is 61.4 Å². The zero-order chi connectivity index (χ0) is 23.8. The number of carbonyl (C=O) groups excluding carboxylic acids is 2. The van der Waals surface area contributed by atoms with E-state index in [9.17, 15) is 9.59 Å². The smallest absolute Gasteiger partial charge is 0.254 e. The largest absolute Gasteiger partial charge is 0.496 e. The van der Waals surface area contributed by atoms with Crippen LogP contribution in [0, 0.1) is 0 Å². The number of carbonyl (C=O) groups is 2. The van der Waals surface area contributed by atoms with Crippen molar-refractivity contribution in [2.24, 2.45) is 0 Å². The molecule has 0 N–H and O–H groups in total. The molecule has 2 aromatic carbocycles. The van der Waals surface area contributed by atoms with E-state index >= 15 is 0 Å². The van der Waals surface area contributed by atoms with Crippen molar-refractivity contribution in [2.45, 2.75) is 25.7 Å². The minimum absolute atomic E-state index is 0.00982. The number of hydrogen-bond acceptors (Lipinski definition) is 4. The third kappa shape index (κ3) is 6.06. The van der Waals surface area contributed by atoms with Crippen LogP contribution in [0.2, 0.25) is 0 Å². The molecule has 0 atom stereocenters. The minimum Gasteiger partial charge on any atom is -0.496 e. The van der Waals surface area contributed by atoms with Crippen LogP contribution in [-0.4, -0.2) is 79.4 Å². The molecule has 2 aromatic rings. The van der Waals surface area contributed by atoms with E-state index in [4.69, 9.17) is 4.74 Å². The normalized spacial score (nSPS) is 17.9. The van der Waals surface area contributed by atoms with Gasteiger partial charge in [-0.05, 0) is 30.5 Å². The fourth-order valence-corrected chi connectivity index (χ4v) is 4.72. The Balaban J connectivity index is 1.44. The average Bonchev–Trinajstić information content (AvgIpc) is 3.18. The highest BCUT2D eigenvalue weighted by Gasteiger charge is 2.27. The van der Waals surface area contributed by atoms with E-state index < -0.39 is 0 Å². The van der Waals surface area contributed by atoms with Gasteiger partial charge >= 0.3 is 0 Å². The quantitative estimate of drug-likeness (QED) is 0.485. The number of likely N-dealkylation sites (tertiary alicyclic amines) is 1. The van der Waals surface area contributed by atoms with Gasteiger partial charge in [0.05, 0.1) is 13.7 Å². The summed E-state index contributed by atoms with van der Waals surface area (Å²) in [5, 5.41) is 0. The minimum atomic E-state index is 0.00982. The third-order valence-electron chi connectivity index (χ3n) is 6.73. The summed E-state index contributed by atoms with van der Waals surface area (Å²) in [6, 6.07) is 17.5. The van der Waals surface area contributed by atoms with Crippen LogP contribution in [0.25, 0.3) is 11.6 Å². The third-order valence-corrected chi connectivity index (χ3v) is 6.73. The molecule has 2 aliphatic heterocycles. The lowest BCUT2D eigenvalue weighted by molar-refractivity contribution is -0.133. The van der Waals surface area contributed by atoms with E-state index in [1.54, 1.807) is 7.11 Å². The van der Waals surface area contributed by atoms with Crippen molar-refractivity contribution in [2.75, 3.05) is 52.9 Å². The van der Waals surface area contributed by atoms with Crippen molar-refractivity contribution >= 4 is 23.5 Å². The first-order valence-electron chi connectivity index (χ1n) is 12.4. The van der Waals surface area contributed by atoms with Crippen molar-refractivity contribution < 1.29 is 14.3 Å². The van der Waals surface area contributed by atoms with Crippen molar-refractivity contribution in [1.82, 2.24) is 14.7 Å². The maximum absolute atomic E-state index is 13.6. The lowest BCUT2D eigenvalue weighted by Gasteiger charge is -2.35. The van der Waals surface area contributed by atoms with Gasteiger partial charge in [0, 0.05) is 50.4 Å². The van der Waals surface area contributed by atoms with E-state index in [0.29, 0.717) is 38.3 Å². The van der Waals surface area contributed by atoms with Gasteiger partial charge in [0.2, 0.25) is 5.91 Å². The number of amides is 2. The molecule has 2 amide bonds. The maximum Gasteiger partial charge on any atom is 0.254 e. The van der Waals surface area contributed by atoms with Crippen molar-refractivity contribution in [3.63, 3.8) is 0 Å². The average molecular weight is 462 g/mol. The van der Waals surface area contributed by atoms with Gasteiger partial charge in [0.1, 0.15) is 5.75 Å². The highest BCUT2D eigenvalue weighted by Crippen LogP contribution is 2.26. The Hall–Kier alpha value is -3.12. The van der Waals surface area contributed by atoms with E-state index in [2.05, 4.69) is 4.90 Å². The van der Waals surface area contributed by atoms with E-state index in [1.165, 1.54) is 12.8 Å². The van der Waals surface area contributed by atoms with Crippen LogP contribution < -0.4 is 4.74 Å². The van der Waals surface area contributed by atoms with Crippen molar-refractivity contribution in [3.05, 3.63) is 65.7 Å². The number of hydrogen-bond donors (Lipinski definition) is 0. The molecule has 0 unspecified atom stereocenters. The lowest BCUT2D eigenvalue weighted by atomic mass is 10.0. The summed E-state index contributed by atoms with van der Waals surface area (Å²) in [4.78, 5) is 32.5. The Morgan fingerprint density at radius 1 is 0.794 bits per heavy atom. The van der Waals surface area contributed by atoms with Crippen LogP contribution in [0.3, 0.4) is 0 Å². The molecule has 6 nitrogen and oxygen atoms in total. The van der Waals surface area contributed by atoms with Gasteiger partial charge in [-0.3, -0.25) is 14.5 Å². The second-order valence-electron chi connectivity index (χ2n) is 9.03. The highest BCUT2D eigenvalue weighted by molar-refractivity contribution is 6.24. The van der Waals surface area contributed by atoms with E-state index in [-0.39, 0.29) is 11.8 Å². The molecule has 6 heteroatoms. The van der Waals surface area contributed by atoms with Crippen molar-refractivity contribution in [3.8, 4) is 5.75 Å². The van der Waals surface area contributed by atoms with Gasteiger partial charge in [0.15, 0.2) is 0 Å². The first kappa shape index (κ1) is 24.0. The van der Waals surface area contributed by atoms with Gasteiger partial charge < -0.3 is 14.5 Å². The molecule has 2 saturated heterocycles. The van der Waals surface area contributed by atoms with Gasteiger partial charge in [-0.15, -0.1) is 0 Å². The molecule has 0 bridgehead atoms. The van der Waals surface area contributed by atoms with Crippen LogP contribution in [0.1, 0.15) is 36.8 Å². The Kier molecular flexibility index (Phi) is 8.36. The molecule has 34 heavy (non-hydrogen) atoms. The molecule has 2 aliphatic rings. The number of para-hydroxylation sites is 1. The van der Waals surface area contributed by atoms with Crippen LogP contribution in [-0.2, 0) is 9.59 Å². The van der Waals surface area contributed by atoms with E-state index in [1.807, 2.05) is 70.5 Å². The zero-order valence-electron chi connectivity index (χ0n) is 20.1. The number of piperazine rings is 1. The Morgan fingerprint density at radius 3 is 2.12 bits per heavy atom. The molecule has 0 aromatic heterocycles. The van der Waals surface area contributed by atoms with E-state index in [0.717, 1.165) is 42.8 Å². The molecule has 2 fully saturated rings. The van der Waals surface area contributed by atoms with Crippen LogP contribution in [0.5, 0.6) is 5.75 Å². The molecule has 4 rings (SSSR count). The molecule has 0 radical (unpaired) electrons. The van der Waals surface area contributed by atoms with Crippen LogP contribution in [0.15, 0.2) is 54.6 Å². The number of rotatable bonds is 6. The summed E-state index contributed by atoms with van der Waals surface area (Å²) >= 11 is 0. The fraction of sp³-hybridized carbons (Fsp3) is 0.429. The fourth-order valence-electron chi connectivity index (χ4n) is 4.72. The van der Waals surface area contributed by atoms with Gasteiger partial charge in [0.25, 0.3) is 5.91 Å². The number of nitrogens with zero attached hydrogens (tertiary/aromatic N) is 3. The summed E-state index contributed by atoms with van der Waals surface area (Å²) in [6.45, 7) is 4.86. The summed E-state index contributed by atoms with van der Waals surface area (Å²) in [7, 11) is 1.64. The SMILES string of the molecule is COc1ccccc1/C=C(/C(=O)N1CCN(CC(=O)N2CCCCCC2)CC1)c1ccccc1. The molecular formula is C28H35N3O3. The second kappa shape index (κ2) is 11.8. The molecule has 0 aliphatic carbocycles. The predicted molar refractivity (Wildman–Crippen MR) is 135 cm³/mol. The maximum atomic E-state index is 13.6. The standard InChI is InChI=1S/C28H35N3O3/c1-34-26-14-8-7-13-24(26)21-25(23-11-5-4-6-12-23)28(33)31-19-17-29(18-20-31)22-27(32)30-15-9-2-3-10-16-30/h4-8,11-14,21H,2-3,9-10,15-20,22H2,1H3/b25-21+. The van der Waals surface area contributed by atoms with Crippen LogP contribution >= 0.6 is 0 Å². The highest BCUT2D eigenvalue weighted by atomic mass is 16.5. The Morgan fingerprint density at radius 2 is 1.44 bits per heavy atom. The number of ether oxygens (including phenoxy) is 1. The molecule has 0 saturated carbocycles. The Bertz CT molecular complexity index is 989. The van der Waals surface area contributed by atoms with Crippen LogP contribution in [0.4, 0.5) is 0 Å². The second-order valence-corrected chi connectivity index (χ2v) is 9.03. The Labute approximate surface area is 202 Å². The van der Waals surface area contributed by atoms with Crippen molar-refractivity contribution in [1.29, 1.82) is 0 Å².